The number of benzene rings is 2. The summed E-state index contributed by atoms with van der Waals surface area (Å²) in [6.07, 6.45) is -10.1. The number of amides is 1. The Morgan fingerprint density at radius 3 is 2.20 bits per heavy atom. The molecule has 1 amide bonds. The molecule has 0 unspecified atom stereocenters. The highest BCUT2D eigenvalue weighted by molar-refractivity contribution is 6.31. The van der Waals surface area contributed by atoms with E-state index >= 15 is 0 Å². The normalized spacial score (nSPS) is 14.2. The molecule has 0 aliphatic carbocycles. The highest BCUT2D eigenvalue weighted by Crippen LogP contribution is 2.38. The SMILES string of the molecule is O=C(CN1CC(=O)Oc2ccc(Cl)cc21)Nc1cc(C(F)(F)F)cc(C(F)(F)F)c1. The van der Waals surface area contributed by atoms with Crippen LogP contribution in [0.3, 0.4) is 0 Å². The van der Waals surface area contributed by atoms with Gasteiger partial charge in [0.1, 0.15) is 6.54 Å². The maximum atomic E-state index is 12.9. The molecule has 1 aliphatic heterocycles. The fourth-order valence-electron chi connectivity index (χ4n) is 2.76. The number of hydrogen-bond acceptors (Lipinski definition) is 4. The average molecular weight is 453 g/mol. The van der Waals surface area contributed by atoms with Gasteiger partial charge in [-0.05, 0) is 36.4 Å². The molecule has 1 heterocycles. The molecule has 2 aromatic carbocycles. The first kappa shape index (κ1) is 21.8. The Kier molecular flexibility index (Phi) is 5.59. The number of carbonyl (C=O) groups is 2. The zero-order valence-corrected chi connectivity index (χ0v) is 15.5. The number of fused-ring (bicyclic) bond motifs is 1. The van der Waals surface area contributed by atoms with Crippen LogP contribution in [0.5, 0.6) is 5.75 Å². The Labute approximate surface area is 170 Å². The first-order chi connectivity index (χ1) is 13.8. The second-order valence-corrected chi connectivity index (χ2v) is 6.72. The topological polar surface area (TPSA) is 58.6 Å². The molecule has 1 N–H and O–H groups in total. The highest BCUT2D eigenvalue weighted by atomic mass is 35.5. The molecule has 0 atom stereocenters. The van der Waals surface area contributed by atoms with Gasteiger partial charge in [-0.3, -0.25) is 4.79 Å². The van der Waals surface area contributed by atoms with Crippen LogP contribution < -0.4 is 15.0 Å². The van der Waals surface area contributed by atoms with E-state index in [0.717, 1.165) is 0 Å². The number of rotatable bonds is 3. The molecule has 0 fully saturated rings. The van der Waals surface area contributed by atoms with E-state index in [-0.39, 0.29) is 29.1 Å². The van der Waals surface area contributed by atoms with Crippen LogP contribution in [0.1, 0.15) is 11.1 Å². The Hall–Kier alpha value is -2.95. The van der Waals surface area contributed by atoms with Crippen LogP contribution in [-0.2, 0) is 21.9 Å². The summed E-state index contributed by atoms with van der Waals surface area (Å²) in [5.41, 5.74) is -3.54. The number of halogens is 7. The molecule has 30 heavy (non-hydrogen) atoms. The van der Waals surface area contributed by atoms with E-state index in [9.17, 15) is 35.9 Å². The lowest BCUT2D eigenvalue weighted by molar-refractivity contribution is -0.143. The van der Waals surface area contributed by atoms with Gasteiger partial charge >= 0.3 is 18.3 Å². The van der Waals surface area contributed by atoms with Crippen LogP contribution in [0, 0.1) is 0 Å². The van der Waals surface area contributed by atoms with E-state index in [4.69, 9.17) is 16.3 Å². The smallest absolute Gasteiger partial charge is 0.416 e. The molecular weight excluding hydrogens is 442 g/mol. The van der Waals surface area contributed by atoms with Crippen LogP contribution in [0.2, 0.25) is 5.02 Å². The molecule has 2 aromatic rings. The first-order valence-electron chi connectivity index (χ1n) is 8.17. The van der Waals surface area contributed by atoms with Crippen molar-refractivity contribution in [2.45, 2.75) is 12.4 Å². The van der Waals surface area contributed by atoms with E-state index in [0.29, 0.717) is 12.1 Å². The minimum absolute atomic E-state index is 0.0471. The van der Waals surface area contributed by atoms with Gasteiger partial charge in [0.15, 0.2) is 5.75 Å². The summed E-state index contributed by atoms with van der Waals surface area (Å²) >= 11 is 5.88. The molecule has 5 nitrogen and oxygen atoms in total. The fourth-order valence-corrected chi connectivity index (χ4v) is 2.93. The fraction of sp³-hybridized carbons (Fsp3) is 0.222. The van der Waals surface area contributed by atoms with Gasteiger partial charge in [0.25, 0.3) is 0 Å². The van der Waals surface area contributed by atoms with E-state index in [1.807, 2.05) is 5.32 Å². The van der Waals surface area contributed by atoms with E-state index in [1.165, 1.54) is 23.1 Å². The van der Waals surface area contributed by atoms with Gasteiger partial charge in [0.05, 0.1) is 23.4 Å². The van der Waals surface area contributed by atoms with Gasteiger partial charge in [-0.2, -0.15) is 26.3 Å². The molecule has 12 heteroatoms. The second-order valence-electron chi connectivity index (χ2n) is 6.28. The molecule has 0 saturated heterocycles. The Morgan fingerprint density at radius 2 is 1.63 bits per heavy atom. The zero-order valence-electron chi connectivity index (χ0n) is 14.7. The number of anilines is 2. The Bertz CT molecular complexity index is 974. The summed E-state index contributed by atoms with van der Waals surface area (Å²) in [6.45, 7) is -0.906. The summed E-state index contributed by atoms with van der Waals surface area (Å²) in [5.74, 6) is -1.53. The summed E-state index contributed by atoms with van der Waals surface area (Å²) in [7, 11) is 0. The molecule has 0 radical (unpaired) electrons. The van der Waals surface area contributed by atoms with Gasteiger partial charge in [-0.25, -0.2) is 4.79 Å². The number of esters is 1. The highest BCUT2D eigenvalue weighted by Gasteiger charge is 2.37. The monoisotopic (exact) mass is 452 g/mol. The molecule has 3 rings (SSSR count). The van der Waals surface area contributed by atoms with Crippen molar-refractivity contribution in [3.8, 4) is 5.75 Å². The second kappa shape index (κ2) is 7.71. The lowest BCUT2D eigenvalue weighted by atomic mass is 10.1. The van der Waals surface area contributed by atoms with E-state index in [2.05, 4.69) is 0 Å². The first-order valence-corrected chi connectivity index (χ1v) is 8.55. The number of ether oxygens (including phenoxy) is 1. The summed E-state index contributed by atoms with van der Waals surface area (Å²) < 4.78 is 82.6. The molecule has 0 saturated carbocycles. The van der Waals surface area contributed by atoms with Crippen molar-refractivity contribution in [1.82, 2.24) is 0 Å². The number of alkyl halides is 6. The van der Waals surface area contributed by atoms with Crippen molar-refractivity contribution in [2.75, 3.05) is 23.3 Å². The van der Waals surface area contributed by atoms with Crippen molar-refractivity contribution in [3.05, 3.63) is 52.5 Å². The Balaban J connectivity index is 1.85. The summed E-state index contributed by atoms with van der Waals surface area (Å²) in [4.78, 5) is 25.2. The number of nitrogens with zero attached hydrogens (tertiary/aromatic N) is 1. The summed E-state index contributed by atoms with van der Waals surface area (Å²) in [5, 5.41) is 2.28. The van der Waals surface area contributed by atoms with Gasteiger partial charge < -0.3 is 15.0 Å². The van der Waals surface area contributed by atoms with Crippen LogP contribution in [0.4, 0.5) is 37.7 Å². The van der Waals surface area contributed by atoms with Gasteiger partial charge in [0.2, 0.25) is 5.91 Å². The molecule has 0 bridgehead atoms. The quantitative estimate of drug-likeness (QED) is 0.415. The predicted molar refractivity (Wildman–Crippen MR) is 94.4 cm³/mol. The predicted octanol–water partition coefficient (Wildman–Crippen LogP) is 4.74. The molecule has 0 spiro atoms. The van der Waals surface area contributed by atoms with Crippen LogP contribution in [-0.4, -0.2) is 25.0 Å². The largest absolute Gasteiger partial charge is 0.423 e. The van der Waals surface area contributed by atoms with Crippen LogP contribution in [0.25, 0.3) is 0 Å². The van der Waals surface area contributed by atoms with Crippen molar-refractivity contribution < 1.29 is 40.7 Å². The van der Waals surface area contributed by atoms with Crippen molar-refractivity contribution in [1.29, 1.82) is 0 Å². The van der Waals surface area contributed by atoms with Crippen LogP contribution in [0.15, 0.2) is 36.4 Å². The maximum Gasteiger partial charge on any atom is 0.416 e. The Morgan fingerprint density at radius 1 is 1.03 bits per heavy atom. The maximum absolute atomic E-state index is 12.9. The average Bonchev–Trinajstić information content (AvgIpc) is 2.60. The van der Waals surface area contributed by atoms with E-state index in [1.54, 1.807) is 0 Å². The van der Waals surface area contributed by atoms with Gasteiger partial charge in [-0.15, -0.1) is 0 Å². The number of nitrogens with one attached hydrogen (secondary N) is 1. The third kappa shape index (κ3) is 4.96. The van der Waals surface area contributed by atoms with Gasteiger partial charge in [-0.1, -0.05) is 11.6 Å². The van der Waals surface area contributed by atoms with Crippen LogP contribution >= 0.6 is 11.6 Å². The summed E-state index contributed by atoms with van der Waals surface area (Å²) in [6, 6.07) is 4.97. The third-order valence-electron chi connectivity index (χ3n) is 4.01. The van der Waals surface area contributed by atoms with Gasteiger partial charge in [0, 0.05) is 10.7 Å². The lowest BCUT2D eigenvalue weighted by Gasteiger charge is -2.29. The number of hydrogen-bond donors (Lipinski definition) is 1. The molecule has 0 aromatic heterocycles. The third-order valence-corrected chi connectivity index (χ3v) is 4.25. The zero-order chi connectivity index (χ0) is 22.3. The number of carbonyl (C=O) groups excluding carboxylic acids is 2. The molecular formula is C18H11ClF6N2O3. The molecule has 1 aliphatic rings. The van der Waals surface area contributed by atoms with Crippen molar-refractivity contribution in [2.24, 2.45) is 0 Å². The van der Waals surface area contributed by atoms with Crippen molar-refractivity contribution >= 4 is 34.9 Å². The van der Waals surface area contributed by atoms with Crippen molar-refractivity contribution in [3.63, 3.8) is 0 Å². The lowest BCUT2D eigenvalue weighted by Crippen LogP contribution is -2.41. The minimum atomic E-state index is -5.05. The minimum Gasteiger partial charge on any atom is -0.423 e. The van der Waals surface area contributed by atoms with E-state index < -0.39 is 47.6 Å². The molecule has 160 valence electrons. The standard InChI is InChI=1S/C18H11ClF6N2O3/c19-11-1-2-14-13(6-11)27(8-16(29)30-14)7-15(28)26-12-4-9(17(20,21)22)3-10(5-12)18(23,24)25/h1-6H,7-8H2,(H,26,28).